The fraction of sp³-hybridized carbons (Fsp3) is 0.0526. The molecule has 4 nitrogen and oxygen atoms in total. The number of aromatic nitrogens is 1. The van der Waals surface area contributed by atoms with Gasteiger partial charge in [-0.25, -0.2) is 4.39 Å². The first kappa shape index (κ1) is 15.7. The van der Waals surface area contributed by atoms with Crippen molar-refractivity contribution in [2.45, 2.75) is 6.92 Å². The molecule has 2 N–H and O–H groups in total. The monoisotopic (exact) mass is 321 g/mol. The van der Waals surface area contributed by atoms with Crippen molar-refractivity contribution < 1.29 is 9.18 Å². The Hall–Kier alpha value is -3.21. The highest BCUT2D eigenvalue weighted by Gasteiger charge is 2.08. The molecule has 0 aliphatic heterocycles. The normalized spacial score (nSPS) is 10.2. The number of rotatable bonds is 4. The van der Waals surface area contributed by atoms with E-state index in [9.17, 15) is 9.18 Å². The Labute approximate surface area is 139 Å². The van der Waals surface area contributed by atoms with E-state index in [4.69, 9.17) is 0 Å². The van der Waals surface area contributed by atoms with Gasteiger partial charge in [0.25, 0.3) is 5.91 Å². The molecule has 0 spiro atoms. The lowest BCUT2D eigenvalue weighted by Crippen LogP contribution is -2.13. The number of amides is 1. The first-order valence-corrected chi connectivity index (χ1v) is 7.47. The number of aryl methyl sites for hydroxylation is 1. The summed E-state index contributed by atoms with van der Waals surface area (Å²) in [6.07, 6.45) is 1.55. The maximum atomic E-state index is 12.9. The van der Waals surface area contributed by atoms with Gasteiger partial charge in [-0.15, -0.1) is 0 Å². The van der Waals surface area contributed by atoms with Crippen LogP contribution in [-0.4, -0.2) is 10.9 Å². The highest BCUT2D eigenvalue weighted by atomic mass is 19.1. The third-order valence-corrected chi connectivity index (χ3v) is 3.43. The molecular weight excluding hydrogens is 305 g/mol. The summed E-state index contributed by atoms with van der Waals surface area (Å²) >= 11 is 0. The van der Waals surface area contributed by atoms with Crippen molar-refractivity contribution in [3.8, 4) is 0 Å². The van der Waals surface area contributed by atoms with Crippen LogP contribution in [0.15, 0.2) is 66.9 Å². The summed E-state index contributed by atoms with van der Waals surface area (Å²) in [7, 11) is 0. The van der Waals surface area contributed by atoms with Crippen LogP contribution in [0.3, 0.4) is 0 Å². The molecule has 0 saturated carbocycles. The first-order valence-electron chi connectivity index (χ1n) is 7.47. The fourth-order valence-corrected chi connectivity index (χ4v) is 2.16. The van der Waals surface area contributed by atoms with E-state index in [2.05, 4.69) is 15.6 Å². The van der Waals surface area contributed by atoms with E-state index in [-0.39, 0.29) is 11.7 Å². The van der Waals surface area contributed by atoms with Crippen LogP contribution in [0.2, 0.25) is 0 Å². The Morgan fingerprint density at radius 3 is 2.29 bits per heavy atom. The number of carbonyl (C=O) groups excluding carboxylic acids is 1. The molecule has 1 heterocycles. The largest absolute Gasteiger partial charge is 0.355 e. The minimum Gasteiger partial charge on any atom is -0.355 e. The van der Waals surface area contributed by atoms with Crippen molar-refractivity contribution in [3.05, 3.63) is 83.9 Å². The summed E-state index contributed by atoms with van der Waals surface area (Å²) in [5.41, 5.74) is 3.56. The van der Waals surface area contributed by atoms with Crippen molar-refractivity contribution in [2.75, 3.05) is 10.6 Å². The molecule has 0 saturated heterocycles. The number of halogens is 1. The summed E-state index contributed by atoms with van der Waals surface area (Å²) in [5.74, 6) is -0.588. The Morgan fingerprint density at radius 1 is 0.917 bits per heavy atom. The van der Waals surface area contributed by atoms with Gasteiger partial charge < -0.3 is 10.6 Å². The summed E-state index contributed by atoms with van der Waals surface area (Å²) in [6, 6.07) is 16.9. The predicted molar refractivity (Wildman–Crippen MR) is 93.1 cm³/mol. The summed E-state index contributed by atoms with van der Waals surface area (Å²) in [6.45, 7) is 1.98. The van der Waals surface area contributed by atoms with Gasteiger partial charge in [0.2, 0.25) is 0 Å². The molecule has 1 amide bonds. The summed E-state index contributed by atoms with van der Waals surface area (Å²) < 4.78 is 12.9. The van der Waals surface area contributed by atoms with E-state index in [1.165, 1.54) is 12.1 Å². The number of hydrogen-bond donors (Lipinski definition) is 2. The second-order valence-electron chi connectivity index (χ2n) is 5.38. The Morgan fingerprint density at radius 2 is 1.58 bits per heavy atom. The SMILES string of the molecule is Cc1ccc(NC(=O)c2cc(Nc3ccc(F)cc3)ccn2)cc1. The van der Waals surface area contributed by atoms with Gasteiger partial charge in [-0.05, 0) is 55.5 Å². The summed E-state index contributed by atoms with van der Waals surface area (Å²) in [4.78, 5) is 16.4. The molecular formula is C19H16FN3O. The van der Waals surface area contributed by atoms with Crippen molar-refractivity contribution >= 4 is 23.0 Å². The molecule has 0 fully saturated rings. The lowest BCUT2D eigenvalue weighted by Gasteiger charge is -2.09. The molecule has 2 aromatic carbocycles. The number of nitrogens with one attached hydrogen (secondary N) is 2. The zero-order valence-corrected chi connectivity index (χ0v) is 13.1. The van der Waals surface area contributed by atoms with Gasteiger partial charge in [0, 0.05) is 23.3 Å². The molecule has 0 radical (unpaired) electrons. The van der Waals surface area contributed by atoms with E-state index in [1.54, 1.807) is 30.5 Å². The Bertz CT molecular complexity index is 845. The minimum absolute atomic E-state index is 0.290. The van der Waals surface area contributed by atoms with E-state index in [0.717, 1.165) is 11.3 Å². The van der Waals surface area contributed by atoms with Gasteiger partial charge in [-0.1, -0.05) is 17.7 Å². The maximum Gasteiger partial charge on any atom is 0.274 e. The van der Waals surface area contributed by atoms with E-state index >= 15 is 0 Å². The third kappa shape index (κ3) is 3.95. The van der Waals surface area contributed by atoms with Gasteiger partial charge in [0.1, 0.15) is 11.5 Å². The molecule has 0 bridgehead atoms. The Kier molecular flexibility index (Phi) is 4.52. The van der Waals surface area contributed by atoms with Crippen LogP contribution in [0.4, 0.5) is 21.5 Å². The number of pyridine rings is 1. The van der Waals surface area contributed by atoms with E-state index < -0.39 is 0 Å². The predicted octanol–water partition coefficient (Wildman–Crippen LogP) is 4.53. The second-order valence-corrected chi connectivity index (χ2v) is 5.38. The summed E-state index contributed by atoms with van der Waals surface area (Å²) in [5, 5.41) is 5.92. The van der Waals surface area contributed by atoms with Crippen LogP contribution in [0, 0.1) is 12.7 Å². The van der Waals surface area contributed by atoms with Crippen molar-refractivity contribution in [1.82, 2.24) is 4.98 Å². The van der Waals surface area contributed by atoms with Crippen molar-refractivity contribution in [3.63, 3.8) is 0 Å². The number of carbonyl (C=O) groups is 1. The average Bonchev–Trinajstić information content (AvgIpc) is 2.59. The lowest BCUT2D eigenvalue weighted by atomic mass is 10.2. The molecule has 5 heteroatoms. The quantitative estimate of drug-likeness (QED) is 0.742. The van der Waals surface area contributed by atoms with E-state index in [1.807, 2.05) is 31.2 Å². The number of benzene rings is 2. The highest BCUT2D eigenvalue weighted by molar-refractivity contribution is 6.03. The van der Waals surface area contributed by atoms with Gasteiger partial charge in [-0.3, -0.25) is 9.78 Å². The number of hydrogen-bond acceptors (Lipinski definition) is 3. The minimum atomic E-state index is -0.298. The molecule has 0 aliphatic carbocycles. The number of anilines is 3. The average molecular weight is 321 g/mol. The van der Waals surface area contributed by atoms with Crippen LogP contribution >= 0.6 is 0 Å². The van der Waals surface area contributed by atoms with Crippen LogP contribution < -0.4 is 10.6 Å². The molecule has 3 rings (SSSR count). The maximum absolute atomic E-state index is 12.9. The van der Waals surface area contributed by atoms with Gasteiger partial charge in [0.05, 0.1) is 0 Å². The standard InChI is InChI=1S/C19H16FN3O/c1-13-2-6-16(7-3-13)23-19(24)18-12-17(10-11-21-18)22-15-8-4-14(20)5-9-15/h2-12H,1H3,(H,21,22)(H,23,24). The van der Waals surface area contributed by atoms with Crippen LogP contribution in [0.25, 0.3) is 0 Å². The Balaban J connectivity index is 1.73. The van der Waals surface area contributed by atoms with Gasteiger partial charge in [0.15, 0.2) is 0 Å². The van der Waals surface area contributed by atoms with Gasteiger partial charge in [-0.2, -0.15) is 0 Å². The molecule has 0 unspecified atom stereocenters. The first-order chi connectivity index (χ1) is 11.6. The zero-order chi connectivity index (χ0) is 16.9. The van der Waals surface area contributed by atoms with Gasteiger partial charge >= 0.3 is 0 Å². The molecule has 120 valence electrons. The number of nitrogens with zero attached hydrogens (tertiary/aromatic N) is 1. The molecule has 1 aromatic heterocycles. The van der Waals surface area contributed by atoms with E-state index in [0.29, 0.717) is 17.1 Å². The zero-order valence-electron chi connectivity index (χ0n) is 13.1. The van der Waals surface area contributed by atoms with Crippen LogP contribution in [0.5, 0.6) is 0 Å². The third-order valence-electron chi connectivity index (χ3n) is 3.43. The fourth-order valence-electron chi connectivity index (χ4n) is 2.16. The molecule has 0 atom stereocenters. The molecule has 3 aromatic rings. The van der Waals surface area contributed by atoms with Crippen LogP contribution in [-0.2, 0) is 0 Å². The molecule has 24 heavy (non-hydrogen) atoms. The van der Waals surface area contributed by atoms with Crippen molar-refractivity contribution in [2.24, 2.45) is 0 Å². The second kappa shape index (κ2) is 6.91. The van der Waals surface area contributed by atoms with Crippen molar-refractivity contribution in [1.29, 1.82) is 0 Å². The molecule has 0 aliphatic rings. The highest BCUT2D eigenvalue weighted by Crippen LogP contribution is 2.18. The van der Waals surface area contributed by atoms with Crippen LogP contribution in [0.1, 0.15) is 16.1 Å². The lowest BCUT2D eigenvalue weighted by molar-refractivity contribution is 0.102. The topological polar surface area (TPSA) is 54.0 Å². The smallest absolute Gasteiger partial charge is 0.274 e.